The Hall–Kier alpha value is -1.88. The Morgan fingerprint density at radius 3 is 2.25 bits per heavy atom. The Morgan fingerprint density at radius 1 is 1.17 bits per heavy atom. The fourth-order valence-corrected chi connectivity index (χ4v) is 2.30. The molecule has 1 amide bonds. The quantitative estimate of drug-likeness (QED) is 0.750. The molecular formula is C19H30N2O3. The minimum atomic E-state index is -0.508. The van der Waals surface area contributed by atoms with Crippen molar-refractivity contribution in [2.24, 2.45) is 11.7 Å². The Balaban J connectivity index is 2.47. The molecule has 0 aliphatic rings. The minimum absolute atomic E-state index is 0.0192. The van der Waals surface area contributed by atoms with Crippen molar-refractivity contribution in [1.29, 1.82) is 0 Å². The van der Waals surface area contributed by atoms with Crippen LogP contribution in [0, 0.1) is 5.92 Å². The molecule has 0 aromatic heterocycles. The number of esters is 1. The van der Waals surface area contributed by atoms with Crippen molar-refractivity contribution in [3.8, 4) is 0 Å². The lowest BCUT2D eigenvalue weighted by atomic mass is 9.97. The molecule has 5 heteroatoms. The smallest absolute Gasteiger partial charge is 0.308 e. The number of rotatable bonds is 7. The molecule has 1 unspecified atom stereocenters. The van der Waals surface area contributed by atoms with E-state index in [2.05, 4.69) is 19.2 Å². The van der Waals surface area contributed by atoms with E-state index in [9.17, 15) is 9.59 Å². The van der Waals surface area contributed by atoms with Crippen LogP contribution in [0.1, 0.15) is 69.4 Å². The van der Waals surface area contributed by atoms with Crippen molar-refractivity contribution in [2.75, 3.05) is 6.54 Å². The number of carbonyl (C=O) groups excluding carboxylic acids is 2. The summed E-state index contributed by atoms with van der Waals surface area (Å²) in [7, 11) is 0. The minimum Gasteiger partial charge on any atom is -0.460 e. The van der Waals surface area contributed by atoms with Gasteiger partial charge in [-0.2, -0.15) is 0 Å². The highest BCUT2D eigenvalue weighted by Gasteiger charge is 2.16. The third kappa shape index (κ3) is 7.59. The first kappa shape index (κ1) is 20.2. The molecule has 24 heavy (non-hydrogen) atoms. The maximum atomic E-state index is 12.1. The highest BCUT2D eigenvalue weighted by atomic mass is 16.6. The second-order valence-electron chi connectivity index (χ2n) is 7.45. The lowest BCUT2D eigenvalue weighted by Gasteiger charge is -2.19. The van der Waals surface area contributed by atoms with Gasteiger partial charge in [0.25, 0.3) is 5.91 Å². The number of hydrogen-bond acceptors (Lipinski definition) is 4. The molecule has 1 aromatic carbocycles. The van der Waals surface area contributed by atoms with Gasteiger partial charge in [0, 0.05) is 18.2 Å². The van der Waals surface area contributed by atoms with Crippen molar-refractivity contribution in [2.45, 2.75) is 59.1 Å². The van der Waals surface area contributed by atoms with E-state index in [0.29, 0.717) is 11.5 Å². The van der Waals surface area contributed by atoms with Crippen molar-refractivity contribution in [3.63, 3.8) is 0 Å². The molecule has 134 valence electrons. The fraction of sp³-hybridized carbons (Fsp3) is 0.579. The summed E-state index contributed by atoms with van der Waals surface area (Å²) in [6, 6.07) is 7.27. The van der Waals surface area contributed by atoms with Gasteiger partial charge in [-0.3, -0.25) is 9.59 Å². The maximum Gasteiger partial charge on any atom is 0.308 e. The zero-order chi connectivity index (χ0) is 18.3. The number of nitrogens with two attached hydrogens (primary N) is 1. The van der Waals surface area contributed by atoms with E-state index in [1.54, 1.807) is 12.1 Å². The summed E-state index contributed by atoms with van der Waals surface area (Å²) in [6.45, 7) is 9.96. The molecule has 0 bridgehead atoms. The summed E-state index contributed by atoms with van der Waals surface area (Å²) in [5.74, 6) is -0.00354. The van der Waals surface area contributed by atoms with E-state index in [4.69, 9.17) is 10.5 Å². The molecule has 0 saturated heterocycles. The van der Waals surface area contributed by atoms with E-state index < -0.39 is 5.60 Å². The van der Waals surface area contributed by atoms with Crippen LogP contribution in [0.5, 0.6) is 0 Å². The third-order valence-electron chi connectivity index (χ3n) is 3.36. The average molecular weight is 334 g/mol. The molecule has 1 atom stereocenters. The average Bonchev–Trinajstić information content (AvgIpc) is 2.44. The van der Waals surface area contributed by atoms with Gasteiger partial charge in [-0.1, -0.05) is 26.0 Å². The largest absolute Gasteiger partial charge is 0.460 e. The topological polar surface area (TPSA) is 81.4 Å². The number of amides is 1. The van der Waals surface area contributed by atoms with Gasteiger partial charge in [0.2, 0.25) is 0 Å². The SMILES string of the molecule is CC(C)CC(N)c1ccc(C(=O)NCCC(=O)OC(C)(C)C)cc1. The predicted octanol–water partition coefficient (Wildman–Crippen LogP) is 3.19. The summed E-state index contributed by atoms with van der Waals surface area (Å²) in [5.41, 5.74) is 7.20. The normalized spacial score (nSPS) is 12.8. The van der Waals surface area contributed by atoms with Gasteiger partial charge in [-0.05, 0) is 50.8 Å². The Morgan fingerprint density at radius 2 is 1.75 bits per heavy atom. The van der Waals surface area contributed by atoms with Crippen LogP contribution >= 0.6 is 0 Å². The van der Waals surface area contributed by atoms with Crippen LogP contribution in [0.2, 0.25) is 0 Å². The highest BCUT2D eigenvalue weighted by molar-refractivity contribution is 5.94. The van der Waals surface area contributed by atoms with E-state index in [-0.39, 0.29) is 30.9 Å². The van der Waals surface area contributed by atoms with Crippen LogP contribution in [0.25, 0.3) is 0 Å². The van der Waals surface area contributed by atoms with Crippen LogP contribution in [0.4, 0.5) is 0 Å². The van der Waals surface area contributed by atoms with Gasteiger partial charge in [0.1, 0.15) is 5.60 Å². The first-order valence-electron chi connectivity index (χ1n) is 8.44. The lowest BCUT2D eigenvalue weighted by molar-refractivity contribution is -0.154. The molecule has 0 fully saturated rings. The molecule has 0 heterocycles. The molecule has 0 spiro atoms. The molecule has 0 saturated carbocycles. The monoisotopic (exact) mass is 334 g/mol. The number of benzene rings is 1. The van der Waals surface area contributed by atoms with Crippen molar-refractivity contribution in [3.05, 3.63) is 35.4 Å². The third-order valence-corrected chi connectivity index (χ3v) is 3.36. The first-order valence-corrected chi connectivity index (χ1v) is 8.44. The summed E-state index contributed by atoms with van der Waals surface area (Å²) in [5, 5.41) is 2.73. The van der Waals surface area contributed by atoms with E-state index in [1.807, 2.05) is 32.9 Å². The molecule has 5 nitrogen and oxygen atoms in total. The standard InChI is InChI=1S/C19H30N2O3/c1-13(2)12-16(20)14-6-8-15(9-7-14)18(23)21-11-10-17(22)24-19(3,4)5/h6-9,13,16H,10-12,20H2,1-5H3,(H,21,23). The van der Waals surface area contributed by atoms with Crippen molar-refractivity contribution >= 4 is 11.9 Å². The molecule has 3 N–H and O–H groups in total. The second kappa shape index (κ2) is 8.83. The van der Waals surface area contributed by atoms with Crippen LogP contribution < -0.4 is 11.1 Å². The van der Waals surface area contributed by atoms with Crippen LogP contribution in [-0.4, -0.2) is 24.0 Å². The molecule has 0 aliphatic carbocycles. The highest BCUT2D eigenvalue weighted by Crippen LogP contribution is 2.19. The van der Waals surface area contributed by atoms with E-state index >= 15 is 0 Å². The summed E-state index contributed by atoms with van der Waals surface area (Å²) >= 11 is 0. The number of hydrogen-bond donors (Lipinski definition) is 2. The number of nitrogens with one attached hydrogen (secondary N) is 1. The Kier molecular flexibility index (Phi) is 7.42. The van der Waals surface area contributed by atoms with Crippen molar-refractivity contribution in [1.82, 2.24) is 5.32 Å². The molecular weight excluding hydrogens is 304 g/mol. The van der Waals surface area contributed by atoms with Gasteiger partial charge in [-0.15, -0.1) is 0 Å². The maximum absolute atomic E-state index is 12.1. The van der Waals surface area contributed by atoms with Gasteiger partial charge >= 0.3 is 5.97 Å². The van der Waals surface area contributed by atoms with Gasteiger partial charge in [0.15, 0.2) is 0 Å². The zero-order valence-corrected chi connectivity index (χ0v) is 15.4. The lowest BCUT2D eigenvalue weighted by Crippen LogP contribution is -2.29. The predicted molar refractivity (Wildman–Crippen MR) is 95.6 cm³/mol. The fourth-order valence-electron chi connectivity index (χ4n) is 2.30. The first-order chi connectivity index (χ1) is 11.1. The molecule has 0 radical (unpaired) electrons. The Bertz CT molecular complexity index is 545. The summed E-state index contributed by atoms with van der Waals surface area (Å²) in [4.78, 5) is 23.7. The number of carbonyl (C=O) groups is 2. The number of ether oxygens (including phenoxy) is 1. The molecule has 1 aromatic rings. The van der Waals surface area contributed by atoms with Crippen LogP contribution in [0.15, 0.2) is 24.3 Å². The second-order valence-corrected chi connectivity index (χ2v) is 7.45. The van der Waals surface area contributed by atoms with E-state index in [0.717, 1.165) is 12.0 Å². The van der Waals surface area contributed by atoms with Crippen molar-refractivity contribution < 1.29 is 14.3 Å². The van der Waals surface area contributed by atoms with Crippen LogP contribution in [0.3, 0.4) is 0 Å². The van der Waals surface area contributed by atoms with Gasteiger partial charge in [-0.25, -0.2) is 0 Å². The van der Waals surface area contributed by atoms with E-state index in [1.165, 1.54) is 0 Å². The molecule has 1 rings (SSSR count). The van der Waals surface area contributed by atoms with Gasteiger partial charge < -0.3 is 15.8 Å². The van der Waals surface area contributed by atoms with Gasteiger partial charge in [0.05, 0.1) is 6.42 Å². The summed E-state index contributed by atoms with van der Waals surface area (Å²) in [6.07, 6.45) is 1.06. The zero-order valence-electron chi connectivity index (χ0n) is 15.4. The summed E-state index contributed by atoms with van der Waals surface area (Å²) < 4.78 is 5.19. The Labute approximate surface area is 145 Å². The molecule has 0 aliphatic heterocycles. The van der Waals surface area contributed by atoms with Crippen LogP contribution in [-0.2, 0) is 9.53 Å².